The fourth-order valence-electron chi connectivity index (χ4n) is 2.41. The molecule has 1 aromatic rings. The molecule has 0 aliphatic carbocycles. The van der Waals surface area contributed by atoms with E-state index in [-0.39, 0.29) is 0 Å². The number of rotatable bonds is 3. The predicted molar refractivity (Wildman–Crippen MR) is 84.8 cm³/mol. The van der Waals surface area contributed by atoms with Crippen molar-refractivity contribution >= 4 is 18.2 Å². The molecule has 1 aromatic carbocycles. The summed E-state index contributed by atoms with van der Waals surface area (Å²) in [5.74, 6) is 0. The highest BCUT2D eigenvalue weighted by atomic mass is 14.2. The molecule has 0 aromatic heterocycles. The van der Waals surface area contributed by atoms with Crippen LogP contribution in [0.25, 0.3) is 18.2 Å². The van der Waals surface area contributed by atoms with E-state index in [0.29, 0.717) is 0 Å². The molecule has 0 N–H and O–H groups in total. The molecule has 18 heavy (non-hydrogen) atoms. The quantitative estimate of drug-likeness (QED) is 0.634. The lowest BCUT2D eigenvalue weighted by Crippen LogP contribution is -1.99. The van der Waals surface area contributed by atoms with E-state index in [1.807, 2.05) is 0 Å². The Bertz CT molecular complexity index is 512. The van der Waals surface area contributed by atoms with Gasteiger partial charge in [0.2, 0.25) is 0 Å². The molecule has 0 spiro atoms. The maximum atomic E-state index is 2.21. The van der Waals surface area contributed by atoms with Crippen molar-refractivity contribution in [1.29, 1.82) is 0 Å². The van der Waals surface area contributed by atoms with E-state index in [2.05, 4.69) is 78.0 Å². The van der Waals surface area contributed by atoms with E-state index < -0.39 is 0 Å². The molecule has 0 bridgehead atoms. The third-order valence-corrected chi connectivity index (χ3v) is 3.47. The minimum absolute atomic E-state index is 1.34. The van der Waals surface area contributed by atoms with Crippen LogP contribution in [0.1, 0.15) is 54.2 Å². The molecule has 0 radical (unpaired) electrons. The van der Waals surface area contributed by atoms with Gasteiger partial charge in [-0.2, -0.15) is 0 Å². The number of benzene rings is 1. The second-order valence-corrected chi connectivity index (χ2v) is 4.62. The fraction of sp³-hybridized carbons (Fsp3) is 0.333. The SMILES string of the molecule is C/C=C\c1c(C)c(C)c(/C=C\C)c(/C=C\C)c1C. The van der Waals surface area contributed by atoms with Gasteiger partial charge in [-0.1, -0.05) is 36.5 Å². The van der Waals surface area contributed by atoms with Gasteiger partial charge in [0.25, 0.3) is 0 Å². The van der Waals surface area contributed by atoms with Crippen LogP contribution in [-0.4, -0.2) is 0 Å². The first-order valence-corrected chi connectivity index (χ1v) is 6.60. The monoisotopic (exact) mass is 240 g/mol. The Balaban J connectivity index is 3.75. The van der Waals surface area contributed by atoms with Crippen LogP contribution in [0.15, 0.2) is 18.2 Å². The van der Waals surface area contributed by atoms with Gasteiger partial charge in [0.15, 0.2) is 0 Å². The van der Waals surface area contributed by atoms with Crippen LogP contribution in [0.5, 0.6) is 0 Å². The molecule has 0 fully saturated rings. The molecule has 0 saturated carbocycles. The average molecular weight is 240 g/mol. The number of hydrogen-bond donors (Lipinski definition) is 0. The zero-order valence-corrected chi connectivity index (χ0v) is 12.5. The zero-order chi connectivity index (χ0) is 13.7. The lowest BCUT2D eigenvalue weighted by atomic mass is 9.87. The Morgan fingerprint density at radius 2 is 0.833 bits per heavy atom. The molecule has 0 nitrogen and oxygen atoms in total. The molecule has 0 amide bonds. The van der Waals surface area contributed by atoms with Crippen LogP contribution in [-0.2, 0) is 0 Å². The largest absolute Gasteiger partial charge is 0.0870 e. The van der Waals surface area contributed by atoms with Crippen molar-refractivity contribution < 1.29 is 0 Å². The molecule has 0 atom stereocenters. The summed E-state index contributed by atoms with van der Waals surface area (Å²) >= 11 is 0. The predicted octanol–water partition coefficient (Wildman–Crippen LogP) is 5.71. The normalized spacial score (nSPS) is 12.3. The van der Waals surface area contributed by atoms with Crippen molar-refractivity contribution in [3.05, 3.63) is 51.6 Å². The van der Waals surface area contributed by atoms with Crippen LogP contribution in [0.3, 0.4) is 0 Å². The second-order valence-electron chi connectivity index (χ2n) is 4.62. The van der Waals surface area contributed by atoms with Gasteiger partial charge >= 0.3 is 0 Å². The van der Waals surface area contributed by atoms with Gasteiger partial charge in [-0.3, -0.25) is 0 Å². The van der Waals surface area contributed by atoms with Crippen molar-refractivity contribution in [2.75, 3.05) is 0 Å². The first kappa shape index (κ1) is 14.5. The third kappa shape index (κ3) is 2.64. The Morgan fingerprint density at radius 3 is 1.28 bits per heavy atom. The van der Waals surface area contributed by atoms with Crippen molar-refractivity contribution in [3.63, 3.8) is 0 Å². The van der Waals surface area contributed by atoms with Crippen LogP contribution in [0.2, 0.25) is 0 Å². The Labute approximate surface area is 112 Å². The minimum Gasteiger partial charge on any atom is -0.0870 e. The van der Waals surface area contributed by atoms with Crippen LogP contribution >= 0.6 is 0 Å². The van der Waals surface area contributed by atoms with Crippen LogP contribution in [0.4, 0.5) is 0 Å². The maximum absolute atomic E-state index is 2.21. The lowest BCUT2D eigenvalue weighted by Gasteiger charge is -2.17. The van der Waals surface area contributed by atoms with Gasteiger partial charge in [-0.15, -0.1) is 0 Å². The smallest absolute Gasteiger partial charge is 0.0149 e. The highest BCUT2D eigenvalue weighted by Gasteiger charge is 2.12. The van der Waals surface area contributed by atoms with Gasteiger partial charge < -0.3 is 0 Å². The van der Waals surface area contributed by atoms with E-state index in [1.54, 1.807) is 0 Å². The zero-order valence-electron chi connectivity index (χ0n) is 12.5. The van der Waals surface area contributed by atoms with E-state index >= 15 is 0 Å². The molecule has 0 aliphatic heterocycles. The summed E-state index contributed by atoms with van der Waals surface area (Å²) in [6.07, 6.45) is 13.0. The Morgan fingerprint density at radius 1 is 0.500 bits per heavy atom. The van der Waals surface area contributed by atoms with Crippen molar-refractivity contribution in [3.8, 4) is 0 Å². The van der Waals surface area contributed by atoms with Gasteiger partial charge in [-0.25, -0.2) is 0 Å². The van der Waals surface area contributed by atoms with E-state index in [9.17, 15) is 0 Å². The molecule has 96 valence electrons. The minimum atomic E-state index is 1.34. The summed E-state index contributed by atoms with van der Waals surface area (Å²) in [7, 11) is 0. The fourth-order valence-corrected chi connectivity index (χ4v) is 2.41. The molecular formula is C18H24. The van der Waals surface area contributed by atoms with E-state index in [1.165, 1.54) is 33.4 Å². The highest BCUT2D eigenvalue weighted by molar-refractivity contribution is 5.76. The van der Waals surface area contributed by atoms with Crippen molar-refractivity contribution in [2.45, 2.75) is 41.5 Å². The number of hydrogen-bond acceptors (Lipinski definition) is 0. The first-order chi connectivity index (χ1) is 8.58. The van der Waals surface area contributed by atoms with E-state index in [0.717, 1.165) is 0 Å². The van der Waals surface area contributed by atoms with Crippen LogP contribution < -0.4 is 0 Å². The summed E-state index contributed by atoms with van der Waals surface area (Å²) in [6.45, 7) is 12.9. The summed E-state index contributed by atoms with van der Waals surface area (Å²) in [5.41, 5.74) is 8.16. The molecule has 0 heteroatoms. The lowest BCUT2D eigenvalue weighted by molar-refractivity contribution is 1.25. The van der Waals surface area contributed by atoms with Gasteiger partial charge in [-0.05, 0) is 74.9 Å². The first-order valence-electron chi connectivity index (χ1n) is 6.60. The molecule has 0 unspecified atom stereocenters. The molecule has 0 aliphatic rings. The average Bonchev–Trinajstić information content (AvgIpc) is 2.36. The molecular weight excluding hydrogens is 216 g/mol. The Hall–Kier alpha value is -1.56. The summed E-state index contributed by atoms with van der Waals surface area (Å²) in [4.78, 5) is 0. The second kappa shape index (κ2) is 6.39. The summed E-state index contributed by atoms with van der Waals surface area (Å²) in [5, 5.41) is 0. The molecule has 0 saturated heterocycles. The van der Waals surface area contributed by atoms with E-state index in [4.69, 9.17) is 0 Å². The van der Waals surface area contributed by atoms with Gasteiger partial charge in [0, 0.05) is 0 Å². The third-order valence-electron chi connectivity index (χ3n) is 3.47. The molecule has 0 heterocycles. The topological polar surface area (TPSA) is 0 Å². The van der Waals surface area contributed by atoms with Crippen LogP contribution in [0, 0.1) is 20.8 Å². The summed E-state index contributed by atoms with van der Waals surface area (Å²) < 4.78 is 0. The Kier molecular flexibility index (Phi) is 5.15. The van der Waals surface area contributed by atoms with Crippen molar-refractivity contribution in [2.24, 2.45) is 0 Å². The maximum Gasteiger partial charge on any atom is -0.0149 e. The van der Waals surface area contributed by atoms with Crippen molar-refractivity contribution in [1.82, 2.24) is 0 Å². The van der Waals surface area contributed by atoms with Gasteiger partial charge in [0.1, 0.15) is 0 Å². The summed E-state index contributed by atoms with van der Waals surface area (Å²) in [6, 6.07) is 0. The number of allylic oxidation sites excluding steroid dienone is 3. The molecule has 1 rings (SSSR count). The van der Waals surface area contributed by atoms with Gasteiger partial charge in [0.05, 0.1) is 0 Å². The standard InChI is InChI=1S/C18H24/c1-7-10-16-13(4)14(5)17(11-8-2)18(12-9-3)15(16)6/h7-12H,1-6H3/b10-7-,11-8-,12-9-. The highest BCUT2D eigenvalue weighted by Crippen LogP contribution is 2.30.